The molecule has 4 heteroatoms. The summed E-state index contributed by atoms with van der Waals surface area (Å²) >= 11 is 1.67. The highest BCUT2D eigenvalue weighted by molar-refractivity contribution is 7.13. The Hall–Kier alpha value is -1.42. The van der Waals surface area contributed by atoms with E-state index in [-0.39, 0.29) is 0 Å². The third-order valence-electron chi connectivity index (χ3n) is 1.78. The topological polar surface area (TPSA) is 51.8 Å². The fraction of sp³-hybridized carbons (Fsp3) is 0.111. The second-order valence-electron chi connectivity index (χ2n) is 2.76. The van der Waals surface area contributed by atoms with Crippen molar-refractivity contribution >= 4 is 17.2 Å². The molecule has 0 aliphatic carbocycles. The Morgan fingerprint density at radius 3 is 2.85 bits per heavy atom. The smallest absolute Gasteiger partial charge is 0.127 e. The lowest BCUT2D eigenvalue weighted by Gasteiger charge is -1.98. The standard InChI is InChI=1S/C9H9N3S/c1-6-2-3-13-9(6)7-4-8(10)12-5-11-7/h2-5H,1H3,(H2,10,11,12). The molecule has 0 saturated carbocycles. The van der Waals surface area contributed by atoms with Gasteiger partial charge in [-0.15, -0.1) is 11.3 Å². The van der Waals surface area contributed by atoms with Crippen LogP contribution in [0.2, 0.25) is 0 Å². The maximum atomic E-state index is 5.57. The molecule has 2 aromatic heterocycles. The molecule has 0 fully saturated rings. The van der Waals surface area contributed by atoms with Gasteiger partial charge in [0.15, 0.2) is 0 Å². The molecule has 13 heavy (non-hydrogen) atoms. The fourth-order valence-corrected chi connectivity index (χ4v) is 2.03. The minimum absolute atomic E-state index is 0.512. The van der Waals surface area contributed by atoms with Crippen molar-refractivity contribution in [2.45, 2.75) is 6.92 Å². The Bertz CT molecular complexity index is 422. The highest BCUT2D eigenvalue weighted by Crippen LogP contribution is 2.27. The van der Waals surface area contributed by atoms with Gasteiger partial charge in [0.05, 0.1) is 10.6 Å². The highest BCUT2D eigenvalue weighted by Gasteiger charge is 2.04. The summed E-state index contributed by atoms with van der Waals surface area (Å²) in [7, 11) is 0. The first-order valence-electron chi connectivity index (χ1n) is 3.89. The van der Waals surface area contributed by atoms with Gasteiger partial charge in [-0.1, -0.05) is 0 Å². The van der Waals surface area contributed by atoms with E-state index < -0.39 is 0 Å². The number of nitrogens with zero attached hydrogens (tertiary/aromatic N) is 2. The summed E-state index contributed by atoms with van der Waals surface area (Å²) in [5, 5.41) is 2.04. The van der Waals surface area contributed by atoms with E-state index in [4.69, 9.17) is 5.73 Å². The normalized spacial score (nSPS) is 10.2. The summed E-state index contributed by atoms with van der Waals surface area (Å²) in [5.41, 5.74) is 7.70. The van der Waals surface area contributed by atoms with E-state index in [9.17, 15) is 0 Å². The van der Waals surface area contributed by atoms with Crippen LogP contribution in [0.3, 0.4) is 0 Å². The molecule has 0 aliphatic heterocycles. The lowest BCUT2D eigenvalue weighted by Crippen LogP contribution is -1.91. The van der Waals surface area contributed by atoms with Crippen molar-refractivity contribution in [3.8, 4) is 10.6 Å². The SMILES string of the molecule is Cc1ccsc1-c1cc(N)ncn1. The zero-order chi connectivity index (χ0) is 9.26. The Morgan fingerprint density at radius 1 is 1.38 bits per heavy atom. The van der Waals surface area contributed by atoms with Gasteiger partial charge in [0.2, 0.25) is 0 Å². The maximum absolute atomic E-state index is 5.57. The summed E-state index contributed by atoms with van der Waals surface area (Å²) < 4.78 is 0. The van der Waals surface area contributed by atoms with Crippen molar-refractivity contribution in [2.75, 3.05) is 5.73 Å². The molecule has 66 valence electrons. The summed E-state index contributed by atoms with van der Waals surface area (Å²) in [5.74, 6) is 0.512. The van der Waals surface area contributed by atoms with E-state index in [2.05, 4.69) is 23.0 Å². The summed E-state index contributed by atoms with van der Waals surface area (Å²) in [4.78, 5) is 9.17. The summed E-state index contributed by atoms with van der Waals surface area (Å²) in [6, 6.07) is 3.86. The largest absolute Gasteiger partial charge is 0.384 e. The highest BCUT2D eigenvalue weighted by atomic mass is 32.1. The molecule has 2 aromatic rings. The number of rotatable bonds is 1. The quantitative estimate of drug-likeness (QED) is 0.751. The van der Waals surface area contributed by atoms with E-state index in [1.165, 1.54) is 11.9 Å². The van der Waals surface area contributed by atoms with E-state index in [1.807, 2.05) is 5.38 Å². The number of aromatic nitrogens is 2. The molecule has 2 rings (SSSR count). The third kappa shape index (κ3) is 1.53. The molecule has 0 spiro atoms. The van der Waals surface area contributed by atoms with Gasteiger partial charge in [-0.3, -0.25) is 0 Å². The van der Waals surface area contributed by atoms with Crippen LogP contribution >= 0.6 is 11.3 Å². The van der Waals surface area contributed by atoms with Crippen LogP contribution in [0.5, 0.6) is 0 Å². The summed E-state index contributed by atoms with van der Waals surface area (Å²) in [6.45, 7) is 2.06. The number of anilines is 1. The Labute approximate surface area is 80.3 Å². The zero-order valence-electron chi connectivity index (χ0n) is 7.19. The molecular weight excluding hydrogens is 182 g/mol. The molecule has 0 amide bonds. The molecule has 3 nitrogen and oxygen atoms in total. The molecule has 0 aliphatic rings. The average molecular weight is 191 g/mol. The monoisotopic (exact) mass is 191 g/mol. The van der Waals surface area contributed by atoms with Gasteiger partial charge in [0.1, 0.15) is 12.1 Å². The van der Waals surface area contributed by atoms with Crippen molar-refractivity contribution < 1.29 is 0 Å². The van der Waals surface area contributed by atoms with Crippen molar-refractivity contribution in [1.82, 2.24) is 9.97 Å². The minimum Gasteiger partial charge on any atom is -0.384 e. The first kappa shape index (κ1) is 8.19. The van der Waals surface area contributed by atoms with Crippen LogP contribution in [0, 0.1) is 6.92 Å². The van der Waals surface area contributed by atoms with Crippen LogP contribution in [0.15, 0.2) is 23.8 Å². The number of nitrogen functional groups attached to an aromatic ring is 1. The van der Waals surface area contributed by atoms with Gasteiger partial charge in [-0.05, 0) is 23.9 Å². The second kappa shape index (κ2) is 3.14. The zero-order valence-corrected chi connectivity index (χ0v) is 8.01. The first-order valence-corrected chi connectivity index (χ1v) is 4.77. The fourth-order valence-electron chi connectivity index (χ4n) is 1.13. The van der Waals surface area contributed by atoms with E-state index in [1.54, 1.807) is 17.4 Å². The van der Waals surface area contributed by atoms with Crippen LogP contribution in [0.1, 0.15) is 5.56 Å². The predicted octanol–water partition coefficient (Wildman–Crippen LogP) is 2.10. The Morgan fingerprint density at radius 2 is 2.23 bits per heavy atom. The first-order chi connectivity index (χ1) is 6.27. The van der Waals surface area contributed by atoms with Crippen molar-refractivity contribution in [3.05, 3.63) is 29.4 Å². The van der Waals surface area contributed by atoms with Crippen LogP contribution in [-0.2, 0) is 0 Å². The predicted molar refractivity (Wildman–Crippen MR) is 54.5 cm³/mol. The molecule has 0 unspecified atom stereocenters. The lowest BCUT2D eigenvalue weighted by molar-refractivity contribution is 1.18. The summed E-state index contributed by atoms with van der Waals surface area (Å²) in [6.07, 6.45) is 1.49. The molecular formula is C9H9N3S. The maximum Gasteiger partial charge on any atom is 0.127 e. The molecule has 0 aromatic carbocycles. The van der Waals surface area contributed by atoms with E-state index in [0.29, 0.717) is 5.82 Å². The van der Waals surface area contributed by atoms with Gasteiger partial charge >= 0.3 is 0 Å². The molecule has 0 saturated heterocycles. The molecule has 0 radical (unpaired) electrons. The van der Waals surface area contributed by atoms with Gasteiger partial charge in [-0.2, -0.15) is 0 Å². The van der Waals surface area contributed by atoms with Gasteiger partial charge in [0.25, 0.3) is 0 Å². The lowest BCUT2D eigenvalue weighted by atomic mass is 10.2. The average Bonchev–Trinajstić information content (AvgIpc) is 2.51. The van der Waals surface area contributed by atoms with E-state index >= 15 is 0 Å². The molecule has 2 heterocycles. The van der Waals surface area contributed by atoms with Crippen molar-refractivity contribution in [3.63, 3.8) is 0 Å². The molecule has 0 atom stereocenters. The third-order valence-corrected chi connectivity index (χ3v) is 2.82. The van der Waals surface area contributed by atoms with Gasteiger partial charge in [0, 0.05) is 6.07 Å². The van der Waals surface area contributed by atoms with Crippen LogP contribution < -0.4 is 5.73 Å². The number of hydrogen-bond acceptors (Lipinski definition) is 4. The van der Waals surface area contributed by atoms with Crippen LogP contribution in [0.25, 0.3) is 10.6 Å². The van der Waals surface area contributed by atoms with Gasteiger partial charge in [-0.25, -0.2) is 9.97 Å². The molecule has 0 bridgehead atoms. The Balaban J connectivity index is 2.53. The number of nitrogens with two attached hydrogens (primary N) is 1. The van der Waals surface area contributed by atoms with Crippen molar-refractivity contribution in [1.29, 1.82) is 0 Å². The molecule has 2 N–H and O–H groups in total. The number of hydrogen-bond donors (Lipinski definition) is 1. The van der Waals surface area contributed by atoms with Crippen LogP contribution in [0.4, 0.5) is 5.82 Å². The Kier molecular flexibility index (Phi) is 1.98. The number of aryl methyl sites for hydroxylation is 1. The number of thiophene rings is 1. The van der Waals surface area contributed by atoms with Crippen molar-refractivity contribution in [2.24, 2.45) is 0 Å². The minimum atomic E-state index is 0.512. The van der Waals surface area contributed by atoms with Crippen LogP contribution in [-0.4, -0.2) is 9.97 Å². The second-order valence-corrected chi connectivity index (χ2v) is 3.68. The van der Waals surface area contributed by atoms with E-state index in [0.717, 1.165) is 10.6 Å². The van der Waals surface area contributed by atoms with Gasteiger partial charge < -0.3 is 5.73 Å².